The number of hydrogen-bond donors (Lipinski definition) is 0. The lowest BCUT2D eigenvalue weighted by Gasteiger charge is -2.35. The molecular weight excluding hydrogens is 210 g/mol. The summed E-state index contributed by atoms with van der Waals surface area (Å²) in [4.78, 5) is 4.37. The van der Waals surface area contributed by atoms with E-state index in [2.05, 4.69) is 31.5 Å². The van der Waals surface area contributed by atoms with Gasteiger partial charge in [-0.2, -0.15) is 0 Å². The Morgan fingerprint density at radius 2 is 2.12 bits per heavy atom. The van der Waals surface area contributed by atoms with Crippen LogP contribution >= 0.6 is 0 Å². The third-order valence-electron chi connectivity index (χ3n) is 3.46. The highest BCUT2D eigenvalue weighted by atomic mass is 16.5. The first-order valence-electron chi connectivity index (χ1n) is 5.82. The monoisotopic (exact) mass is 225 g/mol. The van der Waals surface area contributed by atoms with Gasteiger partial charge in [0.05, 0.1) is 5.52 Å². The van der Waals surface area contributed by atoms with E-state index in [0.717, 1.165) is 23.3 Å². The largest absolute Gasteiger partial charge is 0.483 e. The summed E-state index contributed by atoms with van der Waals surface area (Å²) in [5.74, 6) is 0.961. The van der Waals surface area contributed by atoms with Crippen molar-refractivity contribution < 1.29 is 4.74 Å². The molecule has 0 unspecified atom stereocenters. The summed E-state index contributed by atoms with van der Waals surface area (Å²) in [6.45, 7) is 8.25. The Balaban J connectivity index is 2.26. The lowest BCUT2D eigenvalue weighted by Crippen LogP contribution is -2.35. The second kappa shape index (κ2) is 3.33. The first-order chi connectivity index (χ1) is 8.08. The Morgan fingerprint density at radius 1 is 1.29 bits per heavy atom. The maximum atomic E-state index is 6.01. The van der Waals surface area contributed by atoms with Crippen molar-refractivity contribution in [2.75, 3.05) is 0 Å². The fourth-order valence-electron chi connectivity index (χ4n) is 2.24. The van der Waals surface area contributed by atoms with Crippen molar-refractivity contribution in [2.45, 2.75) is 25.9 Å². The molecule has 1 aromatic carbocycles. The molecule has 0 amide bonds. The second-order valence-electron chi connectivity index (χ2n) is 5.01. The summed E-state index contributed by atoms with van der Waals surface area (Å²) in [6, 6.07) is 8.08. The lowest BCUT2D eigenvalue weighted by molar-refractivity contribution is 0.135. The Morgan fingerprint density at radius 3 is 2.94 bits per heavy atom. The summed E-state index contributed by atoms with van der Waals surface area (Å²) in [5, 5.41) is 1.17. The van der Waals surface area contributed by atoms with E-state index in [0.29, 0.717) is 0 Å². The normalized spacial score (nSPS) is 17.6. The van der Waals surface area contributed by atoms with Gasteiger partial charge in [-0.15, -0.1) is 0 Å². The van der Waals surface area contributed by atoms with Gasteiger partial charge < -0.3 is 4.74 Å². The van der Waals surface area contributed by atoms with Crippen LogP contribution in [0.3, 0.4) is 0 Å². The molecule has 1 aromatic heterocycles. The first kappa shape index (κ1) is 10.3. The Bertz CT molecular complexity index is 613. The van der Waals surface area contributed by atoms with Crippen molar-refractivity contribution in [1.82, 2.24) is 4.98 Å². The van der Waals surface area contributed by atoms with E-state index < -0.39 is 0 Å². The average molecular weight is 225 g/mol. The van der Waals surface area contributed by atoms with Gasteiger partial charge in [-0.1, -0.05) is 12.6 Å². The van der Waals surface area contributed by atoms with Gasteiger partial charge in [-0.05, 0) is 37.6 Å². The molecule has 0 saturated heterocycles. The molecule has 0 N–H and O–H groups in total. The minimum absolute atomic E-state index is 0.275. The fourth-order valence-corrected chi connectivity index (χ4v) is 2.24. The number of benzene rings is 1. The zero-order valence-electron chi connectivity index (χ0n) is 10.2. The van der Waals surface area contributed by atoms with Gasteiger partial charge in [-0.25, -0.2) is 0 Å². The van der Waals surface area contributed by atoms with Gasteiger partial charge in [0, 0.05) is 23.6 Å². The number of pyridine rings is 1. The number of ether oxygens (including phenoxy) is 1. The fraction of sp³-hybridized carbons (Fsp3) is 0.267. The molecule has 3 rings (SSSR count). The van der Waals surface area contributed by atoms with E-state index >= 15 is 0 Å². The van der Waals surface area contributed by atoms with Crippen LogP contribution in [-0.2, 0) is 6.42 Å². The van der Waals surface area contributed by atoms with Crippen molar-refractivity contribution in [3.8, 4) is 5.75 Å². The molecule has 0 saturated carbocycles. The van der Waals surface area contributed by atoms with Gasteiger partial charge >= 0.3 is 0 Å². The molecule has 0 aliphatic carbocycles. The molecule has 0 atom stereocenters. The maximum absolute atomic E-state index is 6.01. The zero-order chi connectivity index (χ0) is 12.0. The summed E-state index contributed by atoms with van der Waals surface area (Å²) in [5.41, 5.74) is 3.06. The molecule has 0 bridgehead atoms. The van der Waals surface area contributed by atoms with Crippen molar-refractivity contribution in [2.24, 2.45) is 0 Å². The molecule has 0 spiro atoms. The predicted molar refractivity (Wildman–Crippen MR) is 69.3 cm³/mol. The topological polar surface area (TPSA) is 22.1 Å². The zero-order valence-corrected chi connectivity index (χ0v) is 10.2. The van der Waals surface area contributed by atoms with Crippen LogP contribution in [0, 0.1) is 0 Å². The molecule has 2 aromatic rings. The van der Waals surface area contributed by atoms with Crippen LogP contribution in [0.1, 0.15) is 19.4 Å². The van der Waals surface area contributed by atoms with E-state index in [1.807, 2.05) is 24.4 Å². The number of aromatic nitrogens is 1. The molecule has 2 heterocycles. The number of rotatable bonds is 0. The molecule has 86 valence electrons. The van der Waals surface area contributed by atoms with Crippen molar-refractivity contribution >= 4 is 10.9 Å². The molecule has 2 nitrogen and oxygen atoms in total. The minimum Gasteiger partial charge on any atom is -0.483 e. The van der Waals surface area contributed by atoms with Gasteiger partial charge in [-0.3, -0.25) is 4.98 Å². The van der Waals surface area contributed by atoms with E-state index in [-0.39, 0.29) is 5.60 Å². The van der Waals surface area contributed by atoms with Crippen LogP contribution in [-0.4, -0.2) is 10.6 Å². The Kier molecular flexibility index (Phi) is 2.02. The first-order valence-corrected chi connectivity index (χ1v) is 5.82. The quantitative estimate of drug-likeness (QED) is 0.640. The van der Waals surface area contributed by atoms with Gasteiger partial charge in [0.1, 0.15) is 11.4 Å². The Hall–Kier alpha value is -1.83. The number of nitrogens with zero attached hydrogens (tertiary/aromatic N) is 1. The van der Waals surface area contributed by atoms with Gasteiger partial charge in [0.15, 0.2) is 0 Å². The van der Waals surface area contributed by atoms with E-state index in [1.54, 1.807) is 0 Å². The van der Waals surface area contributed by atoms with Crippen molar-refractivity contribution in [3.63, 3.8) is 0 Å². The molecule has 0 fully saturated rings. The number of hydrogen-bond acceptors (Lipinski definition) is 2. The lowest BCUT2D eigenvalue weighted by atomic mass is 9.88. The van der Waals surface area contributed by atoms with Crippen LogP contribution in [0.5, 0.6) is 5.75 Å². The molecule has 1 aliphatic rings. The van der Waals surface area contributed by atoms with Crippen molar-refractivity contribution in [3.05, 3.63) is 48.2 Å². The third-order valence-corrected chi connectivity index (χ3v) is 3.46. The van der Waals surface area contributed by atoms with Crippen LogP contribution < -0.4 is 4.74 Å². The standard InChI is InChI=1S/C15H15NO/c1-10-9-12-11-5-4-8-16-13(11)6-7-14(12)17-15(10,2)3/h4-8H,1,9H2,2-3H3. The molecule has 1 aliphatic heterocycles. The van der Waals surface area contributed by atoms with Crippen LogP contribution in [0.25, 0.3) is 10.9 Å². The number of fused-ring (bicyclic) bond motifs is 3. The minimum atomic E-state index is -0.275. The molecule has 2 heteroatoms. The van der Waals surface area contributed by atoms with E-state index in [9.17, 15) is 0 Å². The SMILES string of the molecule is C=C1Cc2c(ccc3ncccc23)OC1(C)C. The van der Waals surface area contributed by atoms with Gasteiger partial charge in [0.25, 0.3) is 0 Å². The van der Waals surface area contributed by atoms with Crippen molar-refractivity contribution in [1.29, 1.82) is 0 Å². The predicted octanol–water partition coefficient (Wildman–Crippen LogP) is 3.50. The second-order valence-corrected chi connectivity index (χ2v) is 5.01. The average Bonchev–Trinajstić information content (AvgIpc) is 2.30. The highest BCUT2D eigenvalue weighted by Crippen LogP contribution is 2.38. The Labute approximate surface area is 101 Å². The van der Waals surface area contributed by atoms with Crippen LogP contribution in [0.15, 0.2) is 42.6 Å². The van der Waals surface area contributed by atoms with E-state index in [1.165, 1.54) is 10.9 Å². The van der Waals surface area contributed by atoms with Gasteiger partial charge in [0.2, 0.25) is 0 Å². The molecule has 0 radical (unpaired) electrons. The molecular formula is C15H15NO. The molecule has 17 heavy (non-hydrogen) atoms. The van der Waals surface area contributed by atoms with E-state index in [4.69, 9.17) is 4.74 Å². The van der Waals surface area contributed by atoms with Crippen LogP contribution in [0.2, 0.25) is 0 Å². The highest BCUT2D eigenvalue weighted by Gasteiger charge is 2.30. The highest BCUT2D eigenvalue weighted by molar-refractivity contribution is 5.85. The maximum Gasteiger partial charge on any atom is 0.124 e. The van der Waals surface area contributed by atoms with Crippen LogP contribution in [0.4, 0.5) is 0 Å². The third kappa shape index (κ3) is 1.52. The summed E-state index contributed by atoms with van der Waals surface area (Å²) in [7, 11) is 0. The summed E-state index contributed by atoms with van der Waals surface area (Å²) >= 11 is 0. The smallest absolute Gasteiger partial charge is 0.124 e. The summed E-state index contributed by atoms with van der Waals surface area (Å²) in [6.07, 6.45) is 2.68. The summed E-state index contributed by atoms with van der Waals surface area (Å²) < 4.78 is 6.01.